The van der Waals surface area contributed by atoms with Gasteiger partial charge in [-0.05, 0) is 40.1 Å². The molecule has 0 aromatic carbocycles. The highest BCUT2D eigenvalue weighted by molar-refractivity contribution is 5.47. The Morgan fingerprint density at radius 1 is 1.41 bits per heavy atom. The van der Waals surface area contributed by atoms with Gasteiger partial charge in [-0.15, -0.1) is 0 Å². The summed E-state index contributed by atoms with van der Waals surface area (Å²) in [6.07, 6.45) is 1.84. The Morgan fingerprint density at radius 2 is 2.12 bits per heavy atom. The van der Waals surface area contributed by atoms with E-state index in [2.05, 4.69) is 54.9 Å². The summed E-state index contributed by atoms with van der Waals surface area (Å²) in [4.78, 5) is 8.82. The maximum absolute atomic E-state index is 5.63. The van der Waals surface area contributed by atoms with Gasteiger partial charge in [0.15, 0.2) is 0 Å². The van der Waals surface area contributed by atoms with Crippen LogP contribution in [0.3, 0.4) is 0 Å². The van der Waals surface area contributed by atoms with E-state index in [1.807, 2.05) is 6.20 Å². The average molecular weight is 236 g/mol. The quantitative estimate of drug-likeness (QED) is 0.809. The lowest BCUT2D eigenvalue weighted by Gasteiger charge is -2.32. The molecular formula is C13H24N4. The molecule has 1 aromatic heterocycles. The van der Waals surface area contributed by atoms with E-state index in [-0.39, 0.29) is 0 Å². The summed E-state index contributed by atoms with van der Waals surface area (Å²) in [6, 6.07) is 4.60. The summed E-state index contributed by atoms with van der Waals surface area (Å²) < 4.78 is 0. The molecule has 0 amide bonds. The summed E-state index contributed by atoms with van der Waals surface area (Å²) in [5, 5.41) is 0. The summed E-state index contributed by atoms with van der Waals surface area (Å²) in [5.74, 6) is 0. The molecular weight excluding hydrogens is 212 g/mol. The zero-order valence-corrected chi connectivity index (χ0v) is 11.3. The third-order valence-electron chi connectivity index (χ3n) is 2.84. The summed E-state index contributed by atoms with van der Waals surface area (Å²) in [6.45, 7) is 6.94. The number of aromatic nitrogens is 1. The molecule has 1 heterocycles. The summed E-state index contributed by atoms with van der Waals surface area (Å²) >= 11 is 0. The second kappa shape index (κ2) is 6.57. The monoisotopic (exact) mass is 236 g/mol. The minimum Gasteiger partial charge on any atom is -0.368 e. The molecule has 1 unspecified atom stereocenters. The Labute approximate surface area is 104 Å². The second-order valence-corrected chi connectivity index (χ2v) is 4.61. The van der Waals surface area contributed by atoms with Gasteiger partial charge in [-0.25, -0.2) is 0 Å². The van der Waals surface area contributed by atoms with Gasteiger partial charge in [0.05, 0.1) is 5.69 Å². The third kappa shape index (κ3) is 3.98. The van der Waals surface area contributed by atoms with Crippen molar-refractivity contribution in [3.63, 3.8) is 0 Å². The van der Waals surface area contributed by atoms with Crippen LogP contribution in [0.15, 0.2) is 18.3 Å². The molecule has 4 heteroatoms. The molecule has 0 radical (unpaired) electrons. The van der Waals surface area contributed by atoms with Crippen LogP contribution >= 0.6 is 0 Å². The fraction of sp³-hybridized carbons (Fsp3) is 0.615. The van der Waals surface area contributed by atoms with Gasteiger partial charge in [0.1, 0.15) is 0 Å². The van der Waals surface area contributed by atoms with Crippen molar-refractivity contribution in [3.05, 3.63) is 24.0 Å². The van der Waals surface area contributed by atoms with Gasteiger partial charge in [-0.1, -0.05) is 0 Å². The number of hydrogen-bond acceptors (Lipinski definition) is 4. The predicted molar refractivity (Wildman–Crippen MR) is 73.2 cm³/mol. The SMILES string of the molecule is CCN(c1ccnc(CN)c1)C(C)CN(C)C. The van der Waals surface area contributed by atoms with Crippen molar-refractivity contribution in [2.75, 3.05) is 32.1 Å². The van der Waals surface area contributed by atoms with E-state index in [0.717, 1.165) is 18.8 Å². The van der Waals surface area contributed by atoms with Crippen LogP contribution in [0.2, 0.25) is 0 Å². The standard InChI is InChI=1S/C13H24N4/c1-5-17(11(2)10-16(3)4)13-6-7-15-12(8-13)9-14/h6-8,11H,5,9-10,14H2,1-4H3. The van der Waals surface area contributed by atoms with Crippen molar-refractivity contribution in [2.45, 2.75) is 26.4 Å². The highest BCUT2D eigenvalue weighted by Gasteiger charge is 2.13. The third-order valence-corrected chi connectivity index (χ3v) is 2.84. The Kier molecular flexibility index (Phi) is 5.38. The zero-order chi connectivity index (χ0) is 12.8. The lowest BCUT2D eigenvalue weighted by atomic mass is 10.2. The second-order valence-electron chi connectivity index (χ2n) is 4.61. The first-order valence-electron chi connectivity index (χ1n) is 6.14. The molecule has 0 saturated carbocycles. The van der Waals surface area contributed by atoms with Crippen LogP contribution < -0.4 is 10.6 Å². The van der Waals surface area contributed by atoms with Crippen molar-refractivity contribution >= 4 is 5.69 Å². The van der Waals surface area contributed by atoms with Gasteiger partial charge in [0.2, 0.25) is 0 Å². The molecule has 0 spiro atoms. The normalized spacial score (nSPS) is 12.8. The Morgan fingerprint density at radius 3 is 2.65 bits per heavy atom. The molecule has 17 heavy (non-hydrogen) atoms. The lowest BCUT2D eigenvalue weighted by Crippen LogP contribution is -2.40. The summed E-state index contributed by atoms with van der Waals surface area (Å²) in [7, 11) is 4.20. The Balaban J connectivity index is 2.84. The Hall–Kier alpha value is -1.13. The molecule has 1 rings (SSSR count). The van der Waals surface area contributed by atoms with Crippen molar-refractivity contribution < 1.29 is 0 Å². The molecule has 4 nitrogen and oxygen atoms in total. The van der Waals surface area contributed by atoms with Gasteiger partial charge in [-0.2, -0.15) is 0 Å². The minimum absolute atomic E-state index is 0.475. The van der Waals surface area contributed by atoms with Crippen molar-refractivity contribution in [2.24, 2.45) is 5.73 Å². The number of nitrogens with zero attached hydrogens (tertiary/aromatic N) is 3. The minimum atomic E-state index is 0.475. The largest absolute Gasteiger partial charge is 0.368 e. The first kappa shape index (κ1) is 13.9. The maximum atomic E-state index is 5.63. The number of anilines is 1. The van der Waals surface area contributed by atoms with Crippen LogP contribution in [0.4, 0.5) is 5.69 Å². The average Bonchev–Trinajstić information content (AvgIpc) is 2.29. The molecule has 96 valence electrons. The van der Waals surface area contributed by atoms with Crippen LogP contribution in [0.25, 0.3) is 0 Å². The highest BCUT2D eigenvalue weighted by atomic mass is 15.2. The number of pyridine rings is 1. The zero-order valence-electron chi connectivity index (χ0n) is 11.3. The molecule has 1 aromatic rings. The van der Waals surface area contributed by atoms with Crippen LogP contribution in [-0.4, -0.2) is 43.1 Å². The number of hydrogen-bond donors (Lipinski definition) is 1. The van der Waals surface area contributed by atoms with Crippen molar-refractivity contribution in [3.8, 4) is 0 Å². The van der Waals surface area contributed by atoms with E-state index < -0.39 is 0 Å². The Bertz CT molecular complexity index is 338. The molecule has 0 aliphatic rings. The van der Waals surface area contributed by atoms with Gasteiger partial charge in [0.25, 0.3) is 0 Å². The number of nitrogens with two attached hydrogens (primary N) is 1. The van der Waals surface area contributed by atoms with E-state index in [4.69, 9.17) is 5.73 Å². The predicted octanol–water partition coefficient (Wildman–Crippen LogP) is 1.32. The maximum Gasteiger partial charge on any atom is 0.0560 e. The van der Waals surface area contributed by atoms with E-state index in [9.17, 15) is 0 Å². The fourth-order valence-corrected chi connectivity index (χ4v) is 2.13. The summed E-state index contributed by atoms with van der Waals surface area (Å²) in [5.41, 5.74) is 7.78. The molecule has 2 N–H and O–H groups in total. The smallest absolute Gasteiger partial charge is 0.0560 e. The van der Waals surface area contributed by atoms with Gasteiger partial charge < -0.3 is 15.5 Å². The van der Waals surface area contributed by atoms with E-state index in [1.165, 1.54) is 5.69 Å². The highest BCUT2D eigenvalue weighted by Crippen LogP contribution is 2.17. The molecule has 1 atom stereocenters. The molecule has 0 aliphatic carbocycles. The van der Waals surface area contributed by atoms with E-state index >= 15 is 0 Å². The number of likely N-dealkylation sites (N-methyl/N-ethyl adjacent to an activating group) is 2. The van der Waals surface area contributed by atoms with E-state index in [0.29, 0.717) is 12.6 Å². The van der Waals surface area contributed by atoms with Crippen LogP contribution in [-0.2, 0) is 6.54 Å². The van der Waals surface area contributed by atoms with E-state index in [1.54, 1.807) is 0 Å². The molecule has 0 aliphatic heterocycles. The van der Waals surface area contributed by atoms with Gasteiger partial charge in [0, 0.05) is 37.6 Å². The first-order valence-corrected chi connectivity index (χ1v) is 6.14. The van der Waals surface area contributed by atoms with Crippen molar-refractivity contribution in [1.82, 2.24) is 9.88 Å². The topological polar surface area (TPSA) is 45.4 Å². The van der Waals surface area contributed by atoms with Crippen molar-refractivity contribution in [1.29, 1.82) is 0 Å². The molecule has 0 fully saturated rings. The van der Waals surface area contributed by atoms with Crippen LogP contribution in [0.1, 0.15) is 19.5 Å². The molecule has 0 bridgehead atoms. The lowest BCUT2D eigenvalue weighted by molar-refractivity contribution is 0.373. The van der Waals surface area contributed by atoms with Gasteiger partial charge >= 0.3 is 0 Å². The molecule has 0 saturated heterocycles. The first-order chi connectivity index (χ1) is 8.08. The number of rotatable bonds is 6. The fourth-order valence-electron chi connectivity index (χ4n) is 2.13. The van der Waals surface area contributed by atoms with Crippen LogP contribution in [0, 0.1) is 0 Å². The van der Waals surface area contributed by atoms with Crippen LogP contribution in [0.5, 0.6) is 0 Å². The van der Waals surface area contributed by atoms with Gasteiger partial charge in [-0.3, -0.25) is 4.98 Å².